The molecule has 0 unspecified atom stereocenters. The van der Waals surface area contributed by atoms with E-state index in [-0.39, 0.29) is 23.0 Å². The summed E-state index contributed by atoms with van der Waals surface area (Å²) in [6.07, 6.45) is 0. The minimum atomic E-state index is -0.633. The number of anilines is 1. The van der Waals surface area contributed by atoms with Crippen LogP contribution in [0.1, 0.15) is 5.56 Å². The molecule has 1 aromatic heterocycles. The van der Waals surface area contributed by atoms with Gasteiger partial charge in [-0.25, -0.2) is 4.39 Å². The maximum absolute atomic E-state index is 13.2. The van der Waals surface area contributed by atoms with E-state index in [0.717, 1.165) is 0 Å². The van der Waals surface area contributed by atoms with Crippen molar-refractivity contribution in [3.63, 3.8) is 0 Å². The lowest BCUT2D eigenvalue weighted by Crippen LogP contribution is -1.90. The molecule has 0 aliphatic rings. The molecule has 2 rings (SSSR count). The molecule has 2 N–H and O–H groups in total. The summed E-state index contributed by atoms with van der Waals surface area (Å²) < 4.78 is 17.9. The van der Waals surface area contributed by atoms with E-state index in [2.05, 4.69) is 10.1 Å². The van der Waals surface area contributed by atoms with Crippen LogP contribution in [-0.4, -0.2) is 10.1 Å². The zero-order valence-electron chi connectivity index (χ0n) is 7.44. The molecular formula is C9H5FN4O. The monoisotopic (exact) mass is 204 g/mol. The highest BCUT2D eigenvalue weighted by atomic mass is 19.1. The summed E-state index contributed by atoms with van der Waals surface area (Å²) in [6, 6.07) is 5.87. The van der Waals surface area contributed by atoms with Crippen LogP contribution in [-0.2, 0) is 0 Å². The smallest absolute Gasteiger partial charge is 0.261 e. The predicted molar refractivity (Wildman–Crippen MR) is 48.8 cm³/mol. The quantitative estimate of drug-likeness (QED) is 0.756. The van der Waals surface area contributed by atoms with Crippen molar-refractivity contribution in [2.75, 3.05) is 5.73 Å². The fourth-order valence-electron chi connectivity index (χ4n) is 1.16. The number of hydrogen-bond acceptors (Lipinski definition) is 5. The molecule has 15 heavy (non-hydrogen) atoms. The van der Waals surface area contributed by atoms with Gasteiger partial charge in [-0.15, -0.1) is 0 Å². The molecule has 0 radical (unpaired) electrons. The number of benzene rings is 1. The van der Waals surface area contributed by atoms with E-state index < -0.39 is 5.82 Å². The third-order valence-electron chi connectivity index (χ3n) is 1.80. The number of halogens is 1. The van der Waals surface area contributed by atoms with Crippen LogP contribution in [0.5, 0.6) is 0 Å². The van der Waals surface area contributed by atoms with Gasteiger partial charge in [0.2, 0.25) is 0 Å². The average Bonchev–Trinajstić information content (AvgIpc) is 2.64. The third kappa shape index (κ3) is 1.50. The summed E-state index contributed by atoms with van der Waals surface area (Å²) in [7, 11) is 0. The van der Waals surface area contributed by atoms with Crippen molar-refractivity contribution in [2.24, 2.45) is 0 Å². The Labute approximate surface area is 83.9 Å². The van der Waals surface area contributed by atoms with E-state index in [1.807, 2.05) is 0 Å². The Morgan fingerprint density at radius 3 is 2.87 bits per heavy atom. The minimum Gasteiger partial charge on any atom is -0.365 e. The third-order valence-corrected chi connectivity index (χ3v) is 1.80. The molecule has 0 aliphatic heterocycles. The van der Waals surface area contributed by atoms with Crippen molar-refractivity contribution in [1.29, 1.82) is 5.26 Å². The summed E-state index contributed by atoms with van der Waals surface area (Å²) in [5, 5.41) is 12.1. The van der Waals surface area contributed by atoms with E-state index in [0.29, 0.717) is 0 Å². The van der Waals surface area contributed by atoms with E-state index in [1.165, 1.54) is 18.2 Å². The summed E-state index contributed by atoms with van der Waals surface area (Å²) in [5.41, 5.74) is 5.35. The molecular weight excluding hydrogens is 199 g/mol. The van der Waals surface area contributed by atoms with Crippen LogP contribution >= 0.6 is 0 Å². The highest BCUT2D eigenvalue weighted by Crippen LogP contribution is 2.23. The molecule has 0 aliphatic carbocycles. The van der Waals surface area contributed by atoms with Crippen LogP contribution in [0.4, 0.5) is 10.3 Å². The molecule has 0 bridgehead atoms. The first-order valence-corrected chi connectivity index (χ1v) is 4.00. The number of nitrogen functional groups attached to an aromatic ring is 1. The van der Waals surface area contributed by atoms with Crippen LogP contribution in [0.15, 0.2) is 22.7 Å². The van der Waals surface area contributed by atoms with E-state index in [4.69, 9.17) is 15.5 Å². The highest BCUT2D eigenvalue weighted by molar-refractivity contribution is 5.63. The maximum atomic E-state index is 13.2. The summed E-state index contributed by atoms with van der Waals surface area (Å²) >= 11 is 0. The molecule has 0 fully saturated rings. The van der Waals surface area contributed by atoms with E-state index in [9.17, 15) is 4.39 Å². The number of nitrogens with zero attached hydrogens (tertiary/aromatic N) is 3. The number of hydrogen-bond donors (Lipinski definition) is 1. The van der Waals surface area contributed by atoms with Gasteiger partial charge in [0, 0.05) is 0 Å². The number of aromatic nitrogens is 2. The van der Waals surface area contributed by atoms with Crippen molar-refractivity contribution in [1.82, 2.24) is 10.1 Å². The normalized spacial score (nSPS) is 9.87. The SMILES string of the molecule is N#Cc1c(F)cccc1-c1nc(N)no1. The zero-order chi connectivity index (χ0) is 10.8. The molecule has 0 spiro atoms. The Hall–Kier alpha value is -2.42. The molecule has 6 heteroatoms. The van der Waals surface area contributed by atoms with Gasteiger partial charge in [0.05, 0.1) is 5.56 Å². The van der Waals surface area contributed by atoms with Gasteiger partial charge in [-0.3, -0.25) is 0 Å². The number of nitrogens with two attached hydrogens (primary N) is 1. The van der Waals surface area contributed by atoms with Crippen molar-refractivity contribution in [3.8, 4) is 17.5 Å². The van der Waals surface area contributed by atoms with E-state index in [1.54, 1.807) is 6.07 Å². The van der Waals surface area contributed by atoms with Crippen LogP contribution in [0.25, 0.3) is 11.5 Å². The van der Waals surface area contributed by atoms with Gasteiger partial charge in [-0.1, -0.05) is 6.07 Å². The molecule has 5 nitrogen and oxygen atoms in total. The van der Waals surface area contributed by atoms with Crippen LogP contribution in [0, 0.1) is 17.1 Å². The Balaban J connectivity index is 2.63. The van der Waals surface area contributed by atoms with Crippen LogP contribution in [0.2, 0.25) is 0 Å². The maximum Gasteiger partial charge on any atom is 0.261 e. The largest absolute Gasteiger partial charge is 0.365 e. The summed E-state index contributed by atoms with van der Waals surface area (Å²) in [6.45, 7) is 0. The Bertz CT molecular complexity index is 543. The summed E-state index contributed by atoms with van der Waals surface area (Å²) in [4.78, 5) is 3.71. The molecule has 1 aromatic carbocycles. The molecule has 0 saturated heterocycles. The molecule has 0 atom stereocenters. The lowest BCUT2D eigenvalue weighted by Gasteiger charge is -1.97. The van der Waals surface area contributed by atoms with Crippen molar-refractivity contribution < 1.29 is 8.91 Å². The molecule has 74 valence electrons. The molecule has 1 heterocycles. The van der Waals surface area contributed by atoms with Gasteiger partial charge in [0.15, 0.2) is 0 Å². The number of rotatable bonds is 1. The molecule has 2 aromatic rings. The molecule has 0 saturated carbocycles. The van der Waals surface area contributed by atoms with Crippen LogP contribution in [0.3, 0.4) is 0 Å². The first-order valence-electron chi connectivity index (χ1n) is 4.00. The first kappa shape index (κ1) is 9.15. The van der Waals surface area contributed by atoms with Crippen molar-refractivity contribution >= 4 is 5.95 Å². The average molecular weight is 204 g/mol. The van der Waals surface area contributed by atoms with Gasteiger partial charge in [0.25, 0.3) is 11.8 Å². The second kappa shape index (κ2) is 3.38. The van der Waals surface area contributed by atoms with Gasteiger partial charge in [0.1, 0.15) is 17.4 Å². The second-order valence-electron chi connectivity index (χ2n) is 2.73. The van der Waals surface area contributed by atoms with Gasteiger partial charge >= 0.3 is 0 Å². The second-order valence-corrected chi connectivity index (χ2v) is 2.73. The fraction of sp³-hybridized carbons (Fsp3) is 0. The standard InChI is InChI=1S/C9H5FN4O/c10-7-3-1-2-5(6(7)4-11)8-13-9(12)14-15-8/h1-3H,(H2,12,14). The van der Waals surface area contributed by atoms with Gasteiger partial charge < -0.3 is 10.3 Å². The highest BCUT2D eigenvalue weighted by Gasteiger charge is 2.14. The van der Waals surface area contributed by atoms with E-state index >= 15 is 0 Å². The summed E-state index contributed by atoms with van der Waals surface area (Å²) in [5.74, 6) is -0.659. The predicted octanol–water partition coefficient (Wildman–Crippen LogP) is 1.33. The lowest BCUT2D eigenvalue weighted by molar-refractivity contribution is 0.432. The molecule has 0 amide bonds. The Morgan fingerprint density at radius 1 is 1.47 bits per heavy atom. The lowest BCUT2D eigenvalue weighted by atomic mass is 10.1. The number of nitriles is 1. The fourth-order valence-corrected chi connectivity index (χ4v) is 1.16. The Morgan fingerprint density at radius 2 is 2.27 bits per heavy atom. The Kier molecular flexibility index (Phi) is 2.06. The van der Waals surface area contributed by atoms with Gasteiger partial charge in [-0.2, -0.15) is 10.2 Å². The van der Waals surface area contributed by atoms with Gasteiger partial charge in [-0.05, 0) is 17.3 Å². The minimum absolute atomic E-state index is 0.0311. The van der Waals surface area contributed by atoms with Crippen molar-refractivity contribution in [3.05, 3.63) is 29.6 Å². The topological polar surface area (TPSA) is 88.7 Å². The van der Waals surface area contributed by atoms with Crippen molar-refractivity contribution in [2.45, 2.75) is 0 Å². The zero-order valence-corrected chi connectivity index (χ0v) is 7.44. The van der Waals surface area contributed by atoms with Crippen LogP contribution < -0.4 is 5.73 Å². The first-order chi connectivity index (χ1) is 7.22.